The monoisotopic (exact) mass is 273 g/mol. The first-order valence-corrected chi connectivity index (χ1v) is 7.08. The lowest BCUT2D eigenvalue weighted by Gasteiger charge is -2.17. The normalized spacial score (nSPS) is 12.3. The van der Waals surface area contributed by atoms with Crippen molar-refractivity contribution in [2.24, 2.45) is 7.05 Å². The van der Waals surface area contributed by atoms with Crippen molar-refractivity contribution in [3.8, 4) is 5.75 Å². The summed E-state index contributed by atoms with van der Waals surface area (Å²) in [7, 11) is 3.73. The largest absolute Gasteiger partial charge is 0.497 e. The standard InChI is InChI=1S/C16H23N3O/c1-4-17-15(16-18-11-12-19(16)2)10-7-13-5-8-14(20-3)9-6-13/h5-6,8-9,11-12,15,17H,4,7,10H2,1-3H3. The van der Waals surface area contributed by atoms with Crippen molar-refractivity contribution in [2.75, 3.05) is 13.7 Å². The van der Waals surface area contributed by atoms with Crippen LogP contribution in [0.3, 0.4) is 0 Å². The van der Waals surface area contributed by atoms with E-state index in [4.69, 9.17) is 4.74 Å². The highest BCUT2D eigenvalue weighted by atomic mass is 16.5. The van der Waals surface area contributed by atoms with Crippen LogP contribution in [0.4, 0.5) is 0 Å². The summed E-state index contributed by atoms with van der Waals surface area (Å²) in [5, 5.41) is 3.51. The van der Waals surface area contributed by atoms with Crippen molar-refractivity contribution < 1.29 is 4.74 Å². The van der Waals surface area contributed by atoms with E-state index in [-0.39, 0.29) is 0 Å². The number of rotatable bonds is 7. The molecule has 0 radical (unpaired) electrons. The molecular weight excluding hydrogens is 250 g/mol. The van der Waals surface area contributed by atoms with Crippen LogP contribution in [0.25, 0.3) is 0 Å². The predicted octanol–water partition coefficient (Wildman–Crippen LogP) is 2.71. The summed E-state index contributed by atoms with van der Waals surface area (Å²) in [6.07, 6.45) is 5.90. The number of benzene rings is 1. The number of aryl methyl sites for hydroxylation is 2. The third kappa shape index (κ3) is 3.61. The molecule has 1 heterocycles. The molecule has 0 aliphatic carbocycles. The molecule has 1 aromatic heterocycles. The van der Waals surface area contributed by atoms with Crippen molar-refractivity contribution in [1.82, 2.24) is 14.9 Å². The van der Waals surface area contributed by atoms with Gasteiger partial charge in [-0.25, -0.2) is 4.98 Å². The van der Waals surface area contributed by atoms with E-state index in [2.05, 4.69) is 33.9 Å². The second-order valence-electron chi connectivity index (χ2n) is 4.89. The van der Waals surface area contributed by atoms with Crippen LogP contribution >= 0.6 is 0 Å². The third-order valence-corrected chi connectivity index (χ3v) is 3.50. The molecule has 4 nitrogen and oxygen atoms in total. The minimum absolute atomic E-state index is 0.294. The van der Waals surface area contributed by atoms with E-state index in [1.807, 2.05) is 31.6 Å². The molecule has 20 heavy (non-hydrogen) atoms. The molecule has 0 saturated heterocycles. The van der Waals surface area contributed by atoms with Gasteiger partial charge in [-0.1, -0.05) is 19.1 Å². The number of aromatic nitrogens is 2. The molecule has 1 N–H and O–H groups in total. The predicted molar refractivity (Wildman–Crippen MR) is 80.9 cm³/mol. The second kappa shape index (κ2) is 7.10. The van der Waals surface area contributed by atoms with Crippen LogP contribution in [0.5, 0.6) is 5.75 Å². The van der Waals surface area contributed by atoms with Gasteiger partial charge in [0.2, 0.25) is 0 Å². The van der Waals surface area contributed by atoms with E-state index in [9.17, 15) is 0 Å². The molecule has 0 amide bonds. The fourth-order valence-electron chi connectivity index (χ4n) is 2.38. The molecule has 2 aromatic rings. The average Bonchev–Trinajstić information content (AvgIpc) is 2.90. The van der Waals surface area contributed by atoms with Crippen LogP contribution in [-0.2, 0) is 13.5 Å². The molecule has 0 aliphatic rings. The van der Waals surface area contributed by atoms with E-state index in [0.717, 1.165) is 31.0 Å². The van der Waals surface area contributed by atoms with Gasteiger partial charge in [0.05, 0.1) is 13.2 Å². The van der Waals surface area contributed by atoms with Crippen LogP contribution in [0.2, 0.25) is 0 Å². The Kier molecular flexibility index (Phi) is 5.18. The third-order valence-electron chi connectivity index (χ3n) is 3.50. The number of hydrogen-bond acceptors (Lipinski definition) is 3. The Balaban J connectivity index is 2.00. The summed E-state index contributed by atoms with van der Waals surface area (Å²) in [5.74, 6) is 2.00. The number of ether oxygens (including phenoxy) is 1. The molecule has 2 rings (SSSR count). The Morgan fingerprint density at radius 1 is 1.30 bits per heavy atom. The first kappa shape index (κ1) is 14.6. The fourth-order valence-corrected chi connectivity index (χ4v) is 2.38. The highest BCUT2D eigenvalue weighted by Crippen LogP contribution is 2.19. The van der Waals surface area contributed by atoms with Gasteiger partial charge < -0.3 is 14.6 Å². The molecule has 4 heteroatoms. The topological polar surface area (TPSA) is 39.1 Å². The zero-order chi connectivity index (χ0) is 14.4. The van der Waals surface area contributed by atoms with E-state index in [1.54, 1.807) is 7.11 Å². The smallest absolute Gasteiger partial charge is 0.125 e. The maximum absolute atomic E-state index is 5.18. The number of imidazole rings is 1. The van der Waals surface area contributed by atoms with E-state index < -0.39 is 0 Å². The average molecular weight is 273 g/mol. The van der Waals surface area contributed by atoms with Crippen molar-refractivity contribution in [2.45, 2.75) is 25.8 Å². The summed E-state index contributed by atoms with van der Waals surface area (Å²) in [4.78, 5) is 4.45. The van der Waals surface area contributed by atoms with Gasteiger partial charge in [0.15, 0.2) is 0 Å². The van der Waals surface area contributed by atoms with Crippen molar-refractivity contribution in [3.05, 3.63) is 48.0 Å². The van der Waals surface area contributed by atoms with E-state index in [1.165, 1.54) is 5.56 Å². The number of methoxy groups -OCH3 is 1. The first-order chi connectivity index (χ1) is 9.74. The quantitative estimate of drug-likeness (QED) is 0.843. The highest BCUT2D eigenvalue weighted by molar-refractivity contribution is 5.27. The fraction of sp³-hybridized carbons (Fsp3) is 0.438. The zero-order valence-corrected chi connectivity index (χ0v) is 12.5. The Hall–Kier alpha value is -1.81. The van der Waals surface area contributed by atoms with Crippen molar-refractivity contribution in [3.63, 3.8) is 0 Å². The molecule has 0 spiro atoms. The minimum atomic E-state index is 0.294. The number of nitrogens with one attached hydrogen (secondary N) is 1. The van der Waals surface area contributed by atoms with Crippen molar-refractivity contribution in [1.29, 1.82) is 0 Å². The number of hydrogen-bond donors (Lipinski definition) is 1. The number of nitrogens with zero attached hydrogens (tertiary/aromatic N) is 2. The maximum Gasteiger partial charge on any atom is 0.125 e. The molecule has 0 aliphatic heterocycles. The first-order valence-electron chi connectivity index (χ1n) is 7.08. The molecule has 0 saturated carbocycles. The van der Waals surface area contributed by atoms with Crippen LogP contribution in [0.15, 0.2) is 36.7 Å². The lowest BCUT2D eigenvalue weighted by atomic mass is 10.0. The van der Waals surface area contributed by atoms with Gasteiger partial charge >= 0.3 is 0 Å². The van der Waals surface area contributed by atoms with Crippen LogP contribution in [0.1, 0.15) is 30.8 Å². The van der Waals surface area contributed by atoms with Gasteiger partial charge in [-0.3, -0.25) is 0 Å². The van der Waals surface area contributed by atoms with Gasteiger partial charge in [-0.15, -0.1) is 0 Å². The van der Waals surface area contributed by atoms with Gasteiger partial charge in [0.25, 0.3) is 0 Å². The Morgan fingerprint density at radius 2 is 2.05 bits per heavy atom. The Morgan fingerprint density at radius 3 is 2.60 bits per heavy atom. The Bertz CT molecular complexity index is 519. The molecule has 1 atom stereocenters. The minimum Gasteiger partial charge on any atom is -0.497 e. The summed E-state index contributed by atoms with van der Waals surface area (Å²) in [6, 6.07) is 8.57. The molecule has 1 aromatic carbocycles. The van der Waals surface area contributed by atoms with Gasteiger partial charge in [0, 0.05) is 19.4 Å². The second-order valence-corrected chi connectivity index (χ2v) is 4.89. The van der Waals surface area contributed by atoms with Crippen molar-refractivity contribution >= 4 is 0 Å². The molecule has 1 unspecified atom stereocenters. The summed E-state index contributed by atoms with van der Waals surface area (Å²) in [6.45, 7) is 3.07. The van der Waals surface area contributed by atoms with Crippen LogP contribution in [-0.4, -0.2) is 23.2 Å². The summed E-state index contributed by atoms with van der Waals surface area (Å²) in [5.41, 5.74) is 1.32. The summed E-state index contributed by atoms with van der Waals surface area (Å²) < 4.78 is 7.27. The van der Waals surface area contributed by atoms with E-state index in [0.29, 0.717) is 6.04 Å². The summed E-state index contributed by atoms with van der Waals surface area (Å²) >= 11 is 0. The van der Waals surface area contributed by atoms with Gasteiger partial charge in [0.1, 0.15) is 11.6 Å². The highest BCUT2D eigenvalue weighted by Gasteiger charge is 2.14. The molecule has 0 bridgehead atoms. The Labute approximate surface area is 120 Å². The van der Waals surface area contributed by atoms with E-state index >= 15 is 0 Å². The lowest BCUT2D eigenvalue weighted by molar-refractivity contribution is 0.414. The van der Waals surface area contributed by atoms with Gasteiger partial charge in [-0.2, -0.15) is 0 Å². The molecular formula is C16H23N3O. The van der Waals surface area contributed by atoms with Crippen LogP contribution in [0, 0.1) is 0 Å². The SMILES string of the molecule is CCNC(CCc1ccc(OC)cc1)c1nccn1C. The molecule has 0 fully saturated rings. The molecule has 108 valence electrons. The zero-order valence-electron chi connectivity index (χ0n) is 12.5. The van der Waals surface area contributed by atoms with Crippen LogP contribution < -0.4 is 10.1 Å². The lowest BCUT2D eigenvalue weighted by Crippen LogP contribution is -2.24. The maximum atomic E-state index is 5.18. The van der Waals surface area contributed by atoms with Gasteiger partial charge in [-0.05, 0) is 37.1 Å².